The topological polar surface area (TPSA) is 49.3 Å². The first-order chi connectivity index (χ1) is 9.93. The van der Waals surface area contributed by atoms with Gasteiger partial charge in [0.2, 0.25) is 0 Å². The number of aliphatic hydroxyl groups is 1. The number of hydrogen-bond donors (Lipinski definition) is 2. The van der Waals surface area contributed by atoms with E-state index >= 15 is 0 Å². The van der Waals surface area contributed by atoms with E-state index in [1.54, 1.807) is 0 Å². The molecule has 1 fully saturated rings. The molecule has 0 unspecified atom stereocenters. The van der Waals surface area contributed by atoms with E-state index in [-0.39, 0.29) is 5.91 Å². The van der Waals surface area contributed by atoms with Crippen LogP contribution in [-0.2, 0) is 0 Å². The first-order valence-electron chi connectivity index (χ1n) is 7.70. The molecule has 116 valence electrons. The number of halogens is 1. The van der Waals surface area contributed by atoms with Crippen molar-refractivity contribution in [2.24, 2.45) is 5.92 Å². The zero-order valence-electron chi connectivity index (χ0n) is 12.8. The highest BCUT2D eigenvalue weighted by atomic mass is 79.9. The van der Waals surface area contributed by atoms with Gasteiger partial charge in [0, 0.05) is 16.6 Å². The molecule has 1 amide bonds. The Kier molecular flexibility index (Phi) is 5.44. The van der Waals surface area contributed by atoms with Crippen molar-refractivity contribution in [2.75, 3.05) is 6.54 Å². The molecule has 0 heterocycles. The van der Waals surface area contributed by atoms with Gasteiger partial charge in [0.15, 0.2) is 0 Å². The summed E-state index contributed by atoms with van der Waals surface area (Å²) < 4.78 is 0.966. The molecule has 0 bridgehead atoms. The fourth-order valence-electron chi connectivity index (χ4n) is 3.02. The van der Waals surface area contributed by atoms with E-state index in [0.29, 0.717) is 12.1 Å². The molecule has 1 aromatic carbocycles. The van der Waals surface area contributed by atoms with Crippen LogP contribution in [0, 0.1) is 12.8 Å². The van der Waals surface area contributed by atoms with Gasteiger partial charge in [-0.05, 0) is 62.3 Å². The molecule has 4 heteroatoms. The van der Waals surface area contributed by atoms with E-state index in [4.69, 9.17) is 0 Å². The molecule has 1 aliphatic carbocycles. The van der Waals surface area contributed by atoms with Crippen molar-refractivity contribution in [3.63, 3.8) is 0 Å². The molecule has 2 N–H and O–H groups in total. The summed E-state index contributed by atoms with van der Waals surface area (Å²) in [5.41, 5.74) is 0.873. The Hall–Kier alpha value is -0.870. The lowest BCUT2D eigenvalue weighted by molar-refractivity contribution is -0.00787. The molecule has 0 atom stereocenters. The van der Waals surface area contributed by atoms with Gasteiger partial charge in [-0.25, -0.2) is 0 Å². The van der Waals surface area contributed by atoms with E-state index in [9.17, 15) is 9.90 Å². The van der Waals surface area contributed by atoms with Crippen LogP contribution in [0.1, 0.15) is 54.9 Å². The number of benzene rings is 1. The van der Waals surface area contributed by atoms with E-state index in [0.717, 1.165) is 41.6 Å². The van der Waals surface area contributed by atoms with Gasteiger partial charge in [-0.2, -0.15) is 0 Å². The summed E-state index contributed by atoms with van der Waals surface area (Å²) in [6.45, 7) is 4.46. The van der Waals surface area contributed by atoms with Crippen molar-refractivity contribution in [2.45, 2.75) is 51.6 Å². The molecule has 0 radical (unpaired) electrons. The zero-order chi connectivity index (χ0) is 15.5. The third-order valence-electron chi connectivity index (χ3n) is 4.62. The normalized spacial score (nSPS) is 25.6. The number of aryl methyl sites for hydroxylation is 1. The van der Waals surface area contributed by atoms with Gasteiger partial charge < -0.3 is 10.4 Å². The van der Waals surface area contributed by atoms with Crippen LogP contribution in [-0.4, -0.2) is 23.2 Å². The molecule has 0 saturated heterocycles. The predicted octanol–water partition coefficient (Wildman–Crippen LogP) is 3.82. The summed E-state index contributed by atoms with van der Waals surface area (Å²) in [6.07, 6.45) is 4.86. The Bertz CT molecular complexity index is 508. The fourth-order valence-corrected chi connectivity index (χ4v) is 3.50. The van der Waals surface area contributed by atoms with Gasteiger partial charge in [0.05, 0.1) is 5.60 Å². The SMILES string of the molecule is CCC1CCC(O)(CNC(=O)c2ccc(Br)cc2C)CC1. The second kappa shape index (κ2) is 6.93. The van der Waals surface area contributed by atoms with Crippen LogP contribution in [0.4, 0.5) is 0 Å². The smallest absolute Gasteiger partial charge is 0.251 e. The Morgan fingerprint density at radius 2 is 2.10 bits per heavy atom. The average molecular weight is 354 g/mol. The molecule has 3 nitrogen and oxygen atoms in total. The summed E-state index contributed by atoms with van der Waals surface area (Å²) in [6, 6.07) is 5.60. The first kappa shape index (κ1) is 16.5. The second-order valence-electron chi connectivity index (χ2n) is 6.22. The Morgan fingerprint density at radius 3 is 2.67 bits per heavy atom. The maximum absolute atomic E-state index is 12.2. The van der Waals surface area contributed by atoms with Crippen LogP contribution in [0.2, 0.25) is 0 Å². The maximum atomic E-state index is 12.2. The lowest BCUT2D eigenvalue weighted by Crippen LogP contribution is -2.45. The predicted molar refractivity (Wildman–Crippen MR) is 88.4 cm³/mol. The summed E-state index contributed by atoms with van der Waals surface area (Å²) in [7, 11) is 0. The van der Waals surface area contributed by atoms with Crippen LogP contribution in [0.3, 0.4) is 0 Å². The molecule has 1 aliphatic rings. The maximum Gasteiger partial charge on any atom is 0.251 e. The Morgan fingerprint density at radius 1 is 1.43 bits per heavy atom. The Balaban J connectivity index is 1.92. The number of hydrogen-bond acceptors (Lipinski definition) is 2. The van der Waals surface area contributed by atoms with E-state index in [1.165, 1.54) is 6.42 Å². The number of nitrogens with one attached hydrogen (secondary N) is 1. The molecule has 0 aromatic heterocycles. The minimum Gasteiger partial charge on any atom is -0.388 e. The highest BCUT2D eigenvalue weighted by molar-refractivity contribution is 9.10. The molecular formula is C17H24BrNO2. The van der Waals surface area contributed by atoms with Crippen molar-refractivity contribution >= 4 is 21.8 Å². The second-order valence-corrected chi connectivity index (χ2v) is 7.13. The number of carbonyl (C=O) groups is 1. The van der Waals surface area contributed by atoms with Gasteiger partial charge in [-0.1, -0.05) is 29.3 Å². The summed E-state index contributed by atoms with van der Waals surface area (Å²) in [5.74, 6) is 0.626. The lowest BCUT2D eigenvalue weighted by atomic mass is 9.78. The molecule has 0 spiro atoms. The largest absolute Gasteiger partial charge is 0.388 e. The van der Waals surface area contributed by atoms with E-state index in [2.05, 4.69) is 28.2 Å². The van der Waals surface area contributed by atoms with Crippen molar-refractivity contribution in [3.05, 3.63) is 33.8 Å². The number of amides is 1. The minimum absolute atomic E-state index is 0.106. The molecule has 2 rings (SSSR count). The third-order valence-corrected chi connectivity index (χ3v) is 5.12. The molecule has 0 aliphatic heterocycles. The van der Waals surface area contributed by atoms with Crippen molar-refractivity contribution in [1.29, 1.82) is 0 Å². The lowest BCUT2D eigenvalue weighted by Gasteiger charge is -2.35. The Labute approximate surface area is 135 Å². The average Bonchev–Trinajstić information content (AvgIpc) is 2.46. The summed E-state index contributed by atoms with van der Waals surface area (Å²) in [4.78, 5) is 12.2. The summed E-state index contributed by atoms with van der Waals surface area (Å²) in [5, 5.41) is 13.5. The molecule has 1 aromatic rings. The first-order valence-corrected chi connectivity index (χ1v) is 8.49. The highest BCUT2D eigenvalue weighted by Gasteiger charge is 2.32. The van der Waals surface area contributed by atoms with Crippen molar-refractivity contribution in [3.8, 4) is 0 Å². The van der Waals surface area contributed by atoms with Gasteiger partial charge in [-0.15, -0.1) is 0 Å². The molecule has 21 heavy (non-hydrogen) atoms. The van der Waals surface area contributed by atoms with Crippen molar-refractivity contribution < 1.29 is 9.90 Å². The fraction of sp³-hybridized carbons (Fsp3) is 0.588. The number of rotatable bonds is 4. The quantitative estimate of drug-likeness (QED) is 0.864. The van der Waals surface area contributed by atoms with Crippen LogP contribution >= 0.6 is 15.9 Å². The highest BCUT2D eigenvalue weighted by Crippen LogP contribution is 2.33. The van der Waals surface area contributed by atoms with Gasteiger partial charge in [0.1, 0.15) is 0 Å². The van der Waals surface area contributed by atoms with Gasteiger partial charge in [0.25, 0.3) is 5.91 Å². The minimum atomic E-state index is -0.732. The molecular weight excluding hydrogens is 330 g/mol. The van der Waals surface area contributed by atoms with Crippen LogP contribution in [0.25, 0.3) is 0 Å². The van der Waals surface area contributed by atoms with Crippen LogP contribution in [0.5, 0.6) is 0 Å². The third kappa shape index (κ3) is 4.30. The zero-order valence-corrected chi connectivity index (χ0v) is 14.4. The standard InChI is InChI=1S/C17H24BrNO2/c1-3-13-6-8-17(21,9-7-13)11-19-16(20)15-5-4-14(18)10-12(15)2/h4-5,10,13,21H,3,6-9,11H2,1-2H3,(H,19,20). The molecule has 1 saturated carbocycles. The van der Waals surface area contributed by atoms with E-state index in [1.807, 2.05) is 25.1 Å². The van der Waals surface area contributed by atoms with Crippen LogP contribution in [0.15, 0.2) is 22.7 Å². The van der Waals surface area contributed by atoms with Gasteiger partial charge >= 0.3 is 0 Å². The van der Waals surface area contributed by atoms with Gasteiger partial charge in [-0.3, -0.25) is 4.79 Å². The van der Waals surface area contributed by atoms with Crippen LogP contribution < -0.4 is 5.32 Å². The monoisotopic (exact) mass is 353 g/mol. The van der Waals surface area contributed by atoms with E-state index < -0.39 is 5.60 Å². The summed E-state index contributed by atoms with van der Waals surface area (Å²) >= 11 is 3.40. The van der Waals surface area contributed by atoms with Crippen molar-refractivity contribution in [1.82, 2.24) is 5.32 Å². The number of carbonyl (C=O) groups excluding carboxylic acids is 1.